The van der Waals surface area contributed by atoms with Gasteiger partial charge in [0.25, 0.3) is 0 Å². The number of amides is 1. The second-order valence-corrected chi connectivity index (χ2v) is 7.45. The molecule has 0 bridgehead atoms. The average Bonchev–Trinajstić information content (AvgIpc) is 3.23. The highest BCUT2D eigenvalue weighted by Gasteiger charge is 2.25. The number of benzene rings is 1. The topological polar surface area (TPSA) is 43.2 Å². The summed E-state index contributed by atoms with van der Waals surface area (Å²) in [6, 6.07) is 10.7. The van der Waals surface area contributed by atoms with Crippen molar-refractivity contribution in [3.05, 3.63) is 54.2 Å². The average molecular weight is 386 g/mol. The quantitative estimate of drug-likeness (QED) is 0.785. The Bertz CT molecular complexity index is 766. The molecule has 0 radical (unpaired) electrons. The number of carbonyl (C=O) groups is 1. The van der Waals surface area contributed by atoms with Gasteiger partial charge in [0.1, 0.15) is 11.6 Å². The highest BCUT2D eigenvalue weighted by atomic mass is 19.1. The fourth-order valence-electron chi connectivity index (χ4n) is 3.92. The van der Waals surface area contributed by atoms with E-state index in [4.69, 9.17) is 4.42 Å². The number of hydrogen-bond donors (Lipinski definition) is 0. The van der Waals surface area contributed by atoms with E-state index in [0.29, 0.717) is 38.4 Å². The summed E-state index contributed by atoms with van der Waals surface area (Å²) in [6.07, 6.45) is 1.70. The number of piperazine rings is 2. The summed E-state index contributed by atoms with van der Waals surface area (Å²) < 4.78 is 19.4. The maximum absolute atomic E-state index is 14.0. The van der Waals surface area contributed by atoms with Crippen LogP contribution in [0.4, 0.5) is 10.1 Å². The van der Waals surface area contributed by atoms with Gasteiger partial charge in [-0.25, -0.2) is 4.39 Å². The number of para-hydroxylation sites is 1. The zero-order valence-electron chi connectivity index (χ0n) is 16.1. The zero-order chi connectivity index (χ0) is 19.3. The van der Waals surface area contributed by atoms with Crippen LogP contribution >= 0.6 is 0 Å². The van der Waals surface area contributed by atoms with Gasteiger partial charge < -0.3 is 14.2 Å². The van der Waals surface area contributed by atoms with Crippen molar-refractivity contribution in [3.63, 3.8) is 0 Å². The first-order chi connectivity index (χ1) is 13.7. The van der Waals surface area contributed by atoms with E-state index in [-0.39, 0.29) is 11.7 Å². The maximum Gasteiger partial charge on any atom is 0.236 e. The second-order valence-electron chi connectivity index (χ2n) is 7.45. The number of anilines is 1. The van der Waals surface area contributed by atoms with E-state index in [1.807, 2.05) is 28.0 Å². The molecule has 0 N–H and O–H groups in total. The molecular weight excluding hydrogens is 359 g/mol. The Labute approximate surface area is 165 Å². The van der Waals surface area contributed by atoms with Crippen molar-refractivity contribution in [2.24, 2.45) is 0 Å². The van der Waals surface area contributed by atoms with Gasteiger partial charge in [0.05, 0.1) is 25.0 Å². The lowest BCUT2D eigenvalue weighted by Crippen LogP contribution is -2.53. The third kappa shape index (κ3) is 4.54. The highest BCUT2D eigenvalue weighted by molar-refractivity contribution is 5.78. The van der Waals surface area contributed by atoms with Crippen molar-refractivity contribution in [1.82, 2.24) is 14.7 Å². The fourth-order valence-corrected chi connectivity index (χ4v) is 3.92. The smallest absolute Gasteiger partial charge is 0.236 e. The normalized spacial score (nSPS) is 19.2. The Morgan fingerprint density at radius 2 is 1.61 bits per heavy atom. The van der Waals surface area contributed by atoms with Crippen molar-refractivity contribution in [1.29, 1.82) is 0 Å². The lowest BCUT2D eigenvalue weighted by molar-refractivity contribution is -0.133. The predicted molar refractivity (Wildman–Crippen MR) is 106 cm³/mol. The molecule has 28 heavy (non-hydrogen) atoms. The van der Waals surface area contributed by atoms with Gasteiger partial charge in [-0.1, -0.05) is 12.1 Å². The van der Waals surface area contributed by atoms with Gasteiger partial charge in [0.2, 0.25) is 5.91 Å². The molecule has 0 unspecified atom stereocenters. The van der Waals surface area contributed by atoms with Crippen molar-refractivity contribution in [2.75, 3.05) is 63.8 Å². The largest absolute Gasteiger partial charge is 0.468 e. The van der Waals surface area contributed by atoms with E-state index in [2.05, 4.69) is 9.80 Å². The molecule has 150 valence electrons. The van der Waals surface area contributed by atoms with Crippen LogP contribution in [-0.2, 0) is 11.3 Å². The lowest BCUT2D eigenvalue weighted by atomic mass is 10.2. The first kappa shape index (κ1) is 19.0. The van der Waals surface area contributed by atoms with E-state index in [9.17, 15) is 9.18 Å². The summed E-state index contributed by atoms with van der Waals surface area (Å²) in [5.74, 6) is 0.958. The molecular formula is C21H27FN4O2. The monoisotopic (exact) mass is 386 g/mol. The molecule has 0 aliphatic carbocycles. The summed E-state index contributed by atoms with van der Waals surface area (Å²) >= 11 is 0. The summed E-state index contributed by atoms with van der Waals surface area (Å²) in [5.41, 5.74) is 0.627. The minimum atomic E-state index is -0.199. The maximum atomic E-state index is 14.0. The number of furan rings is 1. The molecule has 0 saturated carbocycles. The minimum Gasteiger partial charge on any atom is -0.468 e. The molecule has 4 rings (SSSR count). The molecule has 1 amide bonds. The van der Waals surface area contributed by atoms with Crippen molar-refractivity contribution >= 4 is 11.6 Å². The van der Waals surface area contributed by atoms with Crippen LogP contribution in [0.15, 0.2) is 47.1 Å². The standard InChI is InChI=1S/C21H27FN4O2/c22-19-5-1-2-6-20(19)25-11-13-26(14-12-25)21(27)17-24-9-7-23(8-10-24)16-18-4-3-15-28-18/h1-6,15H,7-14,16-17H2. The number of halogens is 1. The Balaban J connectivity index is 1.20. The molecule has 0 spiro atoms. The van der Waals surface area contributed by atoms with Gasteiger partial charge in [-0.2, -0.15) is 0 Å². The fraction of sp³-hybridized carbons (Fsp3) is 0.476. The summed E-state index contributed by atoms with van der Waals surface area (Å²) in [6.45, 7) is 7.58. The summed E-state index contributed by atoms with van der Waals surface area (Å²) in [7, 11) is 0. The van der Waals surface area contributed by atoms with E-state index in [1.165, 1.54) is 6.07 Å². The van der Waals surface area contributed by atoms with Crippen LogP contribution in [0.5, 0.6) is 0 Å². The van der Waals surface area contributed by atoms with E-state index in [0.717, 1.165) is 38.5 Å². The van der Waals surface area contributed by atoms with Crippen molar-refractivity contribution in [2.45, 2.75) is 6.54 Å². The number of carbonyl (C=O) groups excluding carboxylic acids is 1. The highest BCUT2D eigenvalue weighted by Crippen LogP contribution is 2.20. The third-order valence-electron chi connectivity index (χ3n) is 5.61. The molecule has 2 aliphatic rings. The summed E-state index contributed by atoms with van der Waals surface area (Å²) in [5, 5.41) is 0. The Kier molecular flexibility index (Phi) is 5.92. The second kappa shape index (κ2) is 8.75. The van der Waals surface area contributed by atoms with Gasteiger partial charge in [-0.05, 0) is 24.3 Å². The molecule has 2 aromatic rings. The minimum absolute atomic E-state index is 0.174. The Morgan fingerprint density at radius 3 is 2.29 bits per heavy atom. The first-order valence-electron chi connectivity index (χ1n) is 9.93. The Hall–Kier alpha value is -2.38. The lowest BCUT2D eigenvalue weighted by Gasteiger charge is -2.38. The number of nitrogens with zero attached hydrogens (tertiary/aromatic N) is 4. The molecule has 7 heteroatoms. The molecule has 3 heterocycles. The molecule has 1 aromatic carbocycles. The van der Waals surface area contributed by atoms with Gasteiger partial charge in [0.15, 0.2) is 0 Å². The van der Waals surface area contributed by atoms with Gasteiger partial charge >= 0.3 is 0 Å². The van der Waals surface area contributed by atoms with Gasteiger partial charge in [0, 0.05) is 52.4 Å². The van der Waals surface area contributed by atoms with Crippen LogP contribution < -0.4 is 4.90 Å². The van der Waals surface area contributed by atoms with Crippen LogP contribution in [0.2, 0.25) is 0 Å². The molecule has 2 fully saturated rings. The van der Waals surface area contributed by atoms with E-state index in [1.54, 1.807) is 18.4 Å². The SMILES string of the molecule is O=C(CN1CCN(Cc2ccco2)CC1)N1CCN(c2ccccc2F)CC1. The molecule has 6 nitrogen and oxygen atoms in total. The van der Waals surface area contributed by atoms with Crippen LogP contribution in [0.25, 0.3) is 0 Å². The summed E-state index contributed by atoms with van der Waals surface area (Å²) in [4.78, 5) is 21.2. The molecule has 2 aliphatic heterocycles. The van der Waals surface area contributed by atoms with Gasteiger partial charge in [-0.3, -0.25) is 14.6 Å². The van der Waals surface area contributed by atoms with Gasteiger partial charge in [-0.15, -0.1) is 0 Å². The van der Waals surface area contributed by atoms with Crippen LogP contribution in [0, 0.1) is 5.82 Å². The number of hydrogen-bond acceptors (Lipinski definition) is 5. The van der Waals surface area contributed by atoms with Crippen molar-refractivity contribution in [3.8, 4) is 0 Å². The number of rotatable bonds is 5. The predicted octanol–water partition coefficient (Wildman–Crippen LogP) is 1.89. The zero-order valence-corrected chi connectivity index (χ0v) is 16.1. The van der Waals surface area contributed by atoms with E-state index >= 15 is 0 Å². The first-order valence-corrected chi connectivity index (χ1v) is 9.93. The van der Waals surface area contributed by atoms with Crippen molar-refractivity contribution < 1.29 is 13.6 Å². The Morgan fingerprint density at radius 1 is 0.893 bits per heavy atom. The molecule has 0 atom stereocenters. The molecule has 1 aromatic heterocycles. The van der Waals surface area contributed by atoms with E-state index < -0.39 is 0 Å². The third-order valence-corrected chi connectivity index (χ3v) is 5.61. The van der Waals surface area contributed by atoms with Crippen LogP contribution in [0.3, 0.4) is 0 Å². The van der Waals surface area contributed by atoms with Crippen LogP contribution in [-0.4, -0.2) is 79.5 Å². The van der Waals surface area contributed by atoms with Crippen LogP contribution in [0.1, 0.15) is 5.76 Å². The molecule has 2 saturated heterocycles.